The predicted molar refractivity (Wildman–Crippen MR) is 67.5 cm³/mol. The molecule has 0 amide bonds. The molecule has 0 spiro atoms. The smallest absolute Gasteiger partial charge is 0.338 e. The summed E-state index contributed by atoms with van der Waals surface area (Å²) in [4.78, 5) is 11.8. The zero-order chi connectivity index (χ0) is 12.9. The Kier molecular flexibility index (Phi) is 4.30. The van der Waals surface area contributed by atoms with Gasteiger partial charge in [0.25, 0.3) is 0 Å². The van der Waals surface area contributed by atoms with Gasteiger partial charge in [-0.05, 0) is 39.0 Å². The van der Waals surface area contributed by atoms with Gasteiger partial charge in [0.05, 0.1) is 12.1 Å². The molecule has 0 heterocycles. The van der Waals surface area contributed by atoms with Gasteiger partial charge in [-0.1, -0.05) is 17.9 Å². The van der Waals surface area contributed by atoms with E-state index in [9.17, 15) is 4.79 Å². The maximum absolute atomic E-state index is 11.8. The van der Waals surface area contributed by atoms with Crippen LogP contribution >= 0.6 is 0 Å². The topological polar surface area (TPSA) is 52.3 Å². The lowest BCUT2D eigenvalue weighted by Crippen LogP contribution is -2.23. The molecule has 0 radical (unpaired) electrons. The molecular weight excluding hydrogens is 214 g/mol. The lowest BCUT2D eigenvalue weighted by Gasteiger charge is -2.19. The van der Waals surface area contributed by atoms with Crippen LogP contribution in [0.2, 0.25) is 0 Å². The number of ether oxygens (including phenoxy) is 1. The van der Waals surface area contributed by atoms with Gasteiger partial charge in [0, 0.05) is 5.56 Å². The Morgan fingerprint density at radius 1 is 1.41 bits per heavy atom. The minimum atomic E-state index is -0.490. The normalized spacial score (nSPS) is 10.4. The summed E-state index contributed by atoms with van der Waals surface area (Å²) in [5.41, 5.74) is 6.07. The zero-order valence-electron chi connectivity index (χ0n) is 10.4. The van der Waals surface area contributed by atoms with Crippen molar-refractivity contribution >= 4 is 5.97 Å². The summed E-state index contributed by atoms with van der Waals surface area (Å²) in [7, 11) is 0. The van der Waals surface area contributed by atoms with Crippen LogP contribution in [0.1, 0.15) is 36.7 Å². The molecule has 90 valence electrons. The molecule has 1 rings (SSSR count). The van der Waals surface area contributed by atoms with Gasteiger partial charge >= 0.3 is 5.97 Å². The van der Waals surface area contributed by atoms with E-state index in [1.165, 1.54) is 0 Å². The standard InChI is InChI=1S/C14H17NO2/c1-14(2,3)17-13(16)12-8-4-6-11(10-12)7-5-9-15/h4,6,8,10H,9,15H2,1-3H3. The van der Waals surface area contributed by atoms with Crippen LogP contribution in [-0.4, -0.2) is 18.1 Å². The maximum Gasteiger partial charge on any atom is 0.338 e. The second-order valence-corrected chi connectivity index (χ2v) is 4.59. The van der Waals surface area contributed by atoms with Crippen LogP contribution in [0.25, 0.3) is 0 Å². The number of carbonyl (C=O) groups is 1. The number of esters is 1. The molecule has 0 aliphatic heterocycles. The van der Waals surface area contributed by atoms with E-state index >= 15 is 0 Å². The third kappa shape index (κ3) is 4.71. The lowest BCUT2D eigenvalue weighted by molar-refractivity contribution is 0.00695. The van der Waals surface area contributed by atoms with E-state index in [1.807, 2.05) is 26.8 Å². The van der Waals surface area contributed by atoms with E-state index < -0.39 is 5.60 Å². The van der Waals surface area contributed by atoms with Gasteiger partial charge in [0.15, 0.2) is 0 Å². The number of hydrogen-bond acceptors (Lipinski definition) is 3. The molecule has 0 atom stereocenters. The number of benzene rings is 1. The van der Waals surface area contributed by atoms with E-state index in [1.54, 1.807) is 18.2 Å². The molecule has 1 aromatic carbocycles. The highest BCUT2D eigenvalue weighted by Gasteiger charge is 2.17. The maximum atomic E-state index is 11.8. The quantitative estimate of drug-likeness (QED) is 0.593. The molecule has 0 bridgehead atoms. The van der Waals surface area contributed by atoms with Gasteiger partial charge in [0.1, 0.15) is 5.60 Å². The van der Waals surface area contributed by atoms with Crippen molar-refractivity contribution in [3.8, 4) is 11.8 Å². The van der Waals surface area contributed by atoms with Crippen LogP contribution in [0.3, 0.4) is 0 Å². The van der Waals surface area contributed by atoms with Gasteiger partial charge < -0.3 is 10.5 Å². The van der Waals surface area contributed by atoms with E-state index in [2.05, 4.69) is 11.8 Å². The zero-order valence-corrected chi connectivity index (χ0v) is 10.4. The molecule has 0 fully saturated rings. The molecule has 0 saturated carbocycles. The van der Waals surface area contributed by atoms with Crippen LogP contribution in [0.15, 0.2) is 24.3 Å². The Bertz CT molecular complexity index is 461. The number of nitrogens with two attached hydrogens (primary N) is 1. The Morgan fingerprint density at radius 2 is 2.12 bits per heavy atom. The highest BCUT2D eigenvalue weighted by Crippen LogP contribution is 2.12. The lowest BCUT2D eigenvalue weighted by atomic mass is 10.1. The third-order valence-electron chi connectivity index (χ3n) is 1.83. The highest BCUT2D eigenvalue weighted by atomic mass is 16.6. The average molecular weight is 231 g/mol. The summed E-state index contributed by atoms with van der Waals surface area (Å²) in [5.74, 6) is 5.29. The predicted octanol–water partition coefficient (Wildman–Crippen LogP) is 1.95. The molecule has 0 aliphatic carbocycles. The Balaban J connectivity index is 2.88. The fourth-order valence-corrected chi connectivity index (χ4v) is 1.21. The van der Waals surface area contributed by atoms with E-state index in [4.69, 9.17) is 10.5 Å². The van der Waals surface area contributed by atoms with Crippen LogP contribution in [0.5, 0.6) is 0 Å². The molecule has 3 heteroatoms. The second-order valence-electron chi connectivity index (χ2n) is 4.59. The van der Waals surface area contributed by atoms with Crippen molar-refractivity contribution in [2.75, 3.05) is 6.54 Å². The summed E-state index contributed by atoms with van der Waals surface area (Å²) < 4.78 is 5.27. The molecular formula is C14H17NO2. The fourth-order valence-electron chi connectivity index (χ4n) is 1.21. The van der Waals surface area contributed by atoms with Crippen molar-refractivity contribution < 1.29 is 9.53 Å². The SMILES string of the molecule is CC(C)(C)OC(=O)c1cccc(C#CCN)c1. The molecule has 17 heavy (non-hydrogen) atoms. The molecule has 0 aliphatic rings. The Morgan fingerprint density at radius 3 is 2.71 bits per heavy atom. The van der Waals surface area contributed by atoms with Crippen LogP contribution in [0, 0.1) is 11.8 Å². The van der Waals surface area contributed by atoms with E-state index in [0.717, 1.165) is 5.56 Å². The largest absolute Gasteiger partial charge is 0.456 e. The number of carbonyl (C=O) groups excluding carboxylic acids is 1. The Labute approximate surface area is 102 Å². The van der Waals surface area contributed by atoms with Crippen molar-refractivity contribution in [1.82, 2.24) is 0 Å². The van der Waals surface area contributed by atoms with Crippen molar-refractivity contribution in [3.05, 3.63) is 35.4 Å². The first kappa shape index (κ1) is 13.3. The molecule has 2 N–H and O–H groups in total. The third-order valence-corrected chi connectivity index (χ3v) is 1.83. The van der Waals surface area contributed by atoms with Crippen molar-refractivity contribution in [3.63, 3.8) is 0 Å². The summed E-state index contributed by atoms with van der Waals surface area (Å²) in [6.45, 7) is 5.81. The van der Waals surface area contributed by atoms with Crippen LogP contribution < -0.4 is 5.73 Å². The average Bonchev–Trinajstić information content (AvgIpc) is 2.24. The van der Waals surface area contributed by atoms with Crippen molar-refractivity contribution in [2.45, 2.75) is 26.4 Å². The number of hydrogen-bond donors (Lipinski definition) is 1. The van der Waals surface area contributed by atoms with Crippen molar-refractivity contribution in [2.24, 2.45) is 5.73 Å². The molecule has 0 aromatic heterocycles. The van der Waals surface area contributed by atoms with E-state index in [0.29, 0.717) is 12.1 Å². The van der Waals surface area contributed by atoms with E-state index in [-0.39, 0.29) is 5.97 Å². The van der Waals surface area contributed by atoms with Crippen molar-refractivity contribution in [1.29, 1.82) is 0 Å². The second kappa shape index (κ2) is 5.51. The summed E-state index contributed by atoms with van der Waals surface area (Å²) in [6.07, 6.45) is 0. The first-order chi connectivity index (χ1) is 7.92. The first-order valence-electron chi connectivity index (χ1n) is 5.45. The molecule has 0 saturated heterocycles. The molecule has 0 unspecified atom stereocenters. The van der Waals surface area contributed by atoms with Crippen LogP contribution in [0.4, 0.5) is 0 Å². The number of rotatable bonds is 1. The van der Waals surface area contributed by atoms with Gasteiger partial charge in [-0.25, -0.2) is 4.79 Å². The fraction of sp³-hybridized carbons (Fsp3) is 0.357. The molecule has 3 nitrogen and oxygen atoms in total. The van der Waals surface area contributed by atoms with Gasteiger partial charge in [-0.15, -0.1) is 0 Å². The monoisotopic (exact) mass is 231 g/mol. The summed E-state index contributed by atoms with van der Waals surface area (Å²) in [6, 6.07) is 7.02. The van der Waals surface area contributed by atoms with Gasteiger partial charge in [-0.2, -0.15) is 0 Å². The van der Waals surface area contributed by atoms with Gasteiger partial charge in [-0.3, -0.25) is 0 Å². The first-order valence-corrected chi connectivity index (χ1v) is 5.45. The minimum Gasteiger partial charge on any atom is -0.456 e. The minimum absolute atomic E-state index is 0.302. The molecule has 1 aromatic rings. The Hall–Kier alpha value is -1.79. The summed E-state index contributed by atoms with van der Waals surface area (Å²) >= 11 is 0. The van der Waals surface area contributed by atoms with Gasteiger partial charge in [0.2, 0.25) is 0 Å². The highest BCUT2D eigenvalue weighted by molar-refractivity contribution is 5.90. The van der Waals surface area contributed by atoms with Crippen LogP contribution in [-0.2, 0) is 4.74 Å². The summed E-state index contributed by atoms with van der Waals surface area (Å²) in [5, 5.41) is 0.